The first kappa shape index (κ1) is 16.1. The van der Waals surface area contributed by atoms with E-state index in [1.54, 1.807) is 0 Å². The summed E-state index contributed by atoms with van der Waals surface area (Å²) in [4.78, 5) is 0. The minimum absolute atomic E-state index is 0.0218. The van der Waals surface area contributed by atoms with Gasteiger partial charge in [-0.1, -0.05) is 11.8 Å². The number of alkyl halides is 3. The molecule has 0 aliphatic carbocycles. The minimum Gasteiger partial charge on any atom is -0.508 e. The van der Waals surface area contributed by atoms with Crippen LogP contribution >= 0.6 is 11.8 Å². The molecular weight excluding hydrogens is 333 g/mol. The summed E-state index contributed by atoms with van der Waals surface area (Å²) >= 11 is 0.540. The fourth-order valence-electron chi connectivity index (χ4n) is 2.32. The molecule has 2 heterocycles. The Morgan fingerprint density at radius 2 is 2.04 bits per heavy atom. The summed E-state index contributed by atoms with van der Waals surface area (Å²) in [6, 6.07) is 5.86. The third kappa shape index (κ3) is 3.58. The topological polar surface area (TPSA) is 73.1 Å². The van der Waals surface area contributed by atoms with Gasteiger partial charge in [-0.15, -0.1) is 5.10 Å². The summed E-state index contributed by atoms with van der Waals surface area (Å²) in [7, 11) is 0. The number of aromatic hydroxyl groups is 1. The van der Waals surface area contributed by atoms with Crippen LogP contribution < -0.4 is 0 Å². The Kier molecular flexibility index (Phi) is 4.44. The molecule has 124 valence electrons. The number of thioether (sulfide) groups is 1. The number of ether oxygens (including phenoxy) is 1. The molecular formula is C13H13F3N4O2S. The number of hydrogen-bond acceptors (Lipinski definition) is 6. The fraction of sp³-hybridized carbons (Fsp3) is 0.462. The number of phenols is 1. The summed E-state index contributed by atoms with van der Waals surface area (Å²) in [5, 5.41) is 18.4. The zero-order chi connectivity index (χ0) is 16.4. The molecule has 0 radical (unpaired) electrons. The van der Waals surface area contributed by atoms with E-state index in [4.69, 9.17) is 4.74 Å². The molecule has 3 rings (SSSR count). The molecule has 0 spiro atoms. The van der Waals surface area contributed by atoms with Gasteiger partial charge >= 0.3 is 6.18 Å². The van der Waals surface area contributed by atoms with Crippen LogP contribution in [0.15, 0.2) is 29.4 Å². The minimum atomic E-state index is -4.43. The van der Waals surface area contributed by atoms with Crippen LogP contribution in [0.1, 0.15) is 12.8 Å². The summed E-state index contributed by atoms with van der Waals surface area (Å²) in [5.74, 6) is 0.0450. The monoisotopic (exact) mass is 346 g/mol. The molecule has 0 saturated carbocycles. The van der Waals surface area contributed by atoms with E-state index < -0.39 is 17.5 Å². The molecule has 1 aromatic heterocycles. The lowest BCUT2D eigenvalue weighted by Crippen LogP contribution is -2.37. The van der Waals surface area contributed by atoms with Crippen molar-refractivity contribution in [2.45, 2.75) is 35.5 Å². The third-order valence-corrected chi connectivity index (χ3v) is 4.68. The lowest BCUT2D eigenvalue weighted by Gasteiger charge is -2.24. The lowest BCUT2D eigenvalue weighted by molar-refractivity contribution is -0.148. The third-order valence-electron chi connectivity index (χ3n) is 3.39. The Balaban J connectivity index is 1.86. The van der Waals surface area contributed by atoms with Crippen LogP contribution in [0.2, 0.25) is 0 Å². The molecule has 1 aliphatic heterocycles. The number of nitrogens with zero attached hydrogens (tertiary/aromatic N) is 4. The smallest absolute Gasteiger partial charge is 0.403 e. The second-order valence-electron chi connectivity index (χ2n) is 5.02. The van der Waals surface area contributed by atoms with Crippen LogP contribution in [-0.4, -0.2) is 49.5 Å². The number of tetrazole rings is 1. The van der Waals surface area contributed by atoms with E-state index in [1.165, 1.54) is 28.9 Å². The van der Waals surface area contributed by atoms with E-state index in [0.717, 1.165) is 0 Å². The Bertz CT molecular complexity index is 656. The standard InChI is InChI=1S/C13H13F3N4O2S/c14-13(15,16)11(10-2-1-7-22-10)23-12-17-18-19-20(12)8-3-5-9(21)6-4-8/h3-6,10-11,21H,1-2,7H2/t10-,11+/m1/s1. The van der Waals surface area contributed by atoms with E-state index >= 15 is 0 Å². The van der Waals surface area contributed by atoms with Gasteiger partial charge in [-0.2, -0.15) is 17.9 Å². The highest BCUT2D eigenvalue weighted by Gasteiger charge is 2.48. The quantitative estimate of drug-likeness (QED) is 0.858. The van der Waals surface area contributed by atoms with Gasteiger partial charge in [0.05, 0.1) is 11.8 Å². The highest BCUT2D eigenvalue weighted by molar-refractivity contribution is 7.99. The van der Waals surface area contributed by atoms with Crippen molar-refractivity contribution in [1.29, 1.82) is 0 Å². The van der Waals surface area contributed by atoms with Crippen LogP contribution in [0.25, 0.3) is 5.69 Å². The van der Waals surface area contributed by atoms with Crippen molar-refractivity contribution in [3.05, 3.63) is 24.3 Å². The fourth-order valence-corrected chi connectivity index (χ4v) is 3.37. The van der Waals surface area contributed by atoms with Gasteiger partial charge < -0.3 is 9.84 Å². The van der Waals surface area contributed by atoms with Crippen LogP contribution in [-0.2, 0) is 4.74 Å². The number of phenolic OH excluding ortho intramolecular Hbond substituents is 1. The van der Waals surface area contributed by atoms with Crippen LogP contribution in [0, 0.1) is 0 Å². The number of aromatic nitrogens is 4. The molecule has 1 aliphatic rings. The van der Waals surface area contributed by atoms with Gasteiger partial charge in [-0.05, 0) is 47.5 Å². The van der Waals surface area contributed by atoms with Crippen molar-refractivity contribution in [3.63, 3.8) is 0 Å². The van der Waals surface area contributed by atoms with E-state index in [9.17, 15) is 18.3 Å². The molecule has 1 saturated heterocycles. The predicted octanol–water partition coefficient (Wildman–Crippen LogP) is 2.57. The highest BCUT2D eigenvalue weighted by atomic mass is 32.2. The van der Waals surface area contributed by atoms with Gasteiger partial charge in [-0.25, -0.2) is 0 Å². The Labute approximate surface area is 133 Å². The van der Waals surface area contributed by atoms with Gasteiger partial charge in [0.25, 0.3) is 0 Å². The first-order chi connectivity index (χ1) is 10.9. The Morgan fingerprint density at radius 3 is 2.65 bits per heavy atom. The van der Waals surface area contributed by atoms with Gasteiger partial charge in [0, 0.05) is 6.61 Å². The Morgan fingerprint density at radius 1 is 1.30 bits per heavy atom. The van der Waals surface area contributed by atoms with Gasteiger partial charge in [0.2, 0.25) is 5.16 Å². The average Bonchev–Trinajstić information content (AvgIpc) is 3.16. The summed E-state index contributed by atoms with van der Waals surface area (Å²) < 4.78 is 46.4. The molecule has 10 heteroatoms. The molecule has 2 aromatic rings. The molecule has 23 heavy (non-hydrogen) atoms. The van der Waals surface area contributed by atoms with E-state index in [0.29, 0.717) is 36.9 Å². The first-order valence-corrected chi connectivity index (χ1v) is 7.76. The maximum absolute atomic E-state index is 13.3. The number of rotatable bonds is 4. The molecule has 0 bridgehead atoms. The van der Waals surface area contributed by atoms with Crippen molar-refractivity contribution >= 4 is 11.8 Å². The van der Waals surface area contributed by atoms with Crippen molar-refractivity contribution in [2.24, 2.45) is 0 Å². The van der Waals surface area contributed by atoms with Crippen LogP contribution in [0.5, 0.6) is 5.75 Å². The molecule has 6 nitrogen and oxygen atoms in total. The molecule has 1 aromatic carbocycles. The zero-order valence-corrected chi connectivity index (χ0v) is 12.6. The van der Waals surface area contributed by atoms with E-state index in [1.807, 2.05) is 0 Å². The molecule has 1 N–H and O–H groups in total. The van der Waals surface area contributed by atoms with Crippen molar-refractivity contribution in [1.82, 2.24) is 20.2 Å². The molecule has 0 unspecified atom stereocenters. The average molecular weight is 346 g/mol. The Hall–Kier alpha value is -1.81. The number of halogens is 3. The van der Waals surface area contributed by atoms with Crippen LogP contribution in [0.4, 0.5) is 13.2 Å². The molecule has 1 fully saturated rings. The van der Waals surface area contributed by atoms with Gasteiger partial charge in [0.1, 0.15) is 11.0 Å². The molecule has 0 amide bonds. The van der Waals surface area contributed by atoms with E-state index in [-0.39, 0.29) is 10.9 Å². The van der Waals surface area contributed by atoms with Crippen LogP contribution in [0.3, 0.4) is 0 Å². The lowest BCUT2D eigenvalue weighted by atomic mass is 10.2. The predicted molar refractivity (Wildman–Crippen MR) is 75.5 cm³/mol. The second kappa shape index (κ2) is 6.36. The first-order valence-electron chi connectivity index (χ1n) is 6.88. The summed E-state index contributed by atoms with van der Waals surface area (Å²) in [5.41, 5.74) is 0.462. The molecule has 2 atom stereocenters. The second-order valence-corrected chi connectivity index (χ2v) is 6.13. The van der Waals surface area contributed by atoms with Gasteiger partial charge in [-0.3, -0.25) is 0 Å². The van der Waals surface area contributed by atoms with Gasteiger partial charge in [0.15, 0.2) is 0 Å². The normalized spacial score (nSPS) is 19.9. The summed E-state index contributed by atoms with van der Waals surface area (Å²) in [6.45, 7) is 0.334. The largest absolute Gasteiger partial charge is 0.508 e. The summed E-state index contributed by atoms with van der Waals surface area (Å²) in [6.07, 6.45) is -4.35. The maximum atomic E-state index is 13.3. The van der Waals surface area contributed by atoms with Crippen molar-refractivity contribution in [3.8, 4) is 11.4 Å². The SMILES string of the molecule is Oc1ccc(-n2nnnc2S[C@@H]([C@H]2CCCO2)C(F)(F)F)cc1. The highest BCUT2D eigenvalue weighted by Crippen LogP contribution is 2.40. The van der Waals surface area contributed by atoms with E-state index in [2.05, 4.69) is 15.5 Å². The van der Waals surface area contributed by atoms with Crippen molar-refractivity contribution in [2.75, 3.05) is 6.61 Å². The maximum Gasteiger partial charge on any atom is 0.403 e. The zero-order valence-electron chi connectivity index (χ0n) is 11.8. The number of benzene rings is 1. The number of hydrogen-bond donors (Lipinski definition) is 1. The van der Waals surface area contributed by atoms with Crippen molar-refractivity contribution < 1.29 is 23.0 Å².